The lowest BCUT2D eigenvalue weighted by Crippen LogP contribution is -1.94. The Balaban J connectivity index is 1.79. The summed E-state index contributed by atoms with van der Waals surface area (Å²) in [5.74, 6) is 0.752. The van der Waals surface area contributed by atoms with Gasteiger partial charge in [0.1, 0.15) is 5.82 Å². The van der Waals surface area contributed by atoms with Gasteiger partial charge < -0.3 is 4.98 Å². The van der Waals surface area contributed by atoms with Crippen LogP contribution in [0.25, 0.3) is 33.5 Å². The van der Waals surface area contributed by atoms with Gasteiger partial charge in [0, 0.05) is 22.3 Å². The van der Waals surface area contributed by atoms with Gasteiger partial charge in [0.05, 0.1) is 22.7 Å². The molecule has 3 aromatic carbocycles. The molecule has 116 valence electrons. The first kappa shape index (κ1) is 13.7. The van der Waals surface area contributed by atoms with E-state index in [1.54, 1.807) is 12.1 Å². The number of aromatic amines is 1. The number of hydrogen-bond donors (Lipinski definition) is 1. The first-order chi connectivity index (χ1) is 12.3. The fraction of sp³-hybridized carbons (Fsp3) is 0. The van der Waals surface area contributed by atoms with Crippen LogP contribution in [0.3, 0.4) is 0 Å². The summed E-state index contributed by atoms with van der Waals surface area (Å²) in [5.41, 5.74) is 6.38. The summed E-state index contributed by atoms with van der Waals surface area (Å²) in [6, 6.07) is 20.9. The van der Waals surface area contributed by atoms with Crippen molar-refractivity contribution < 1.29 is 4.79 Å². The van der Waals surface area contributed by atoms with Crippen molar-refractivity contribution in [3.05, 3.63) is 77.4 Å². The van der Waals surface area contributed by atoms with Crippen LogP contribution in [-0.4, -0.2) is 15.8 Å². The number of ketones is 1. The summed E-state index contributed by atoms with van der Waals surface area (Å²) in [6.07, 6.45) is 0. The number of imidazole rings is 1. The SMILES string of the molecule is N#Cc1ccc2nc(-c3cccc4c3-c3ccccc3C4=O)[nH]c2c1. The van der Waals surface area contributed by atoms with Crippen LogP contribution >= 0.6 is 0 Å². The van der Waals surface area contributed by atoms with E-state index in [1.165, 1.54) is 0 Å². The average molecular weight is 321 g/mol. The zero-order valence-electron chi connectivity index (χ0n) is 13.1. The standard InChI is InChI=1S/C21H11N3O/c22-11-12-8-9-17-18(10-12)24-21(23-17)16-7-3-6-15-19(16)13-4-1-2-5-14(13)20(15)25/h1-10H,(H,23,24). The maximum atomic E-state index is 12.7. The number of rotatable bonds is 1. The van der Waals surface area contributed by atoms with Gasteiger partial charge in [-0.25, -0.2) is 4.98 Å². The quantitative estimate of drug-likeness (QED) is 0.500. The molecule has 4 nitrogen and oxygen atoms in total. The summed E-state index contributed by atoms with van der Waals surface area (Å²) in [6.45, 7) is 0. The fourth-order valence-electron chi connectivity index (χ4n) is 3.48. The van der Waals surface area contributed by atoms with Gasteiger partial charge in [-0.1, -0.05) is 42.5 Å². The Labute approximate surface area is 143 Å². The number of fused-ring (bicyclic) bond motifs is 4. The average Bonchev–Trinajstić information content (AvgIpc) is 3.21. The van der Waals surface area contributed by atoms with Gasteiger partial charge in [0.15, 0.2) is 5.78 Å². The van der Waals surface area contributed by atoms with Crippen LogP contribution in [0.5, 0.6) is 0 Å². The molecule has 5 rings (SSSR count). The second kappa shape index (κ2) is 4.89. The molecule has 1 aromatic heterocycles. The molecular formula is C21H11N3O. The topological polar surface area (TPSA) is 69.5 Å². The Bertz CT molecular complexity index is 1230. The molecule has 0 amide bonds. The minimum Gasteiger partial charge on any atom is -0.338 e. The second-order valence-corrected chi connectivity index (χ2v) is 6.03. The first-order valence-electron chi connectivity index (χ1n) is 7.93. The highest BCUT2D eigenvalue weighted by Gasteiger charge is 2.29. The Morgan fingerprint density at radius 1 is 0.880 bits per heavy atom. The molecule has 1 aliphatic rings. The maximum absolute atomic E-state index is 12.7. The van der Waals surface area contributed by atoms with E-state index in [2.05, 4.69) is 16.0 Å². The molecular weight excluding hydrogens is 310 g/mol. The molecule has 0 spiro atoms. The molecule has 0 radical (unpaired) electrons. The molecule has 25 heavy (non-hydrogen) atoms. The smallest absolute Gasteiger partial charge is 0.194 e. The van der Waals surface area contributed by atoms with E-state index in [9.17, 15) is 4.79 Å². The molecule has 0 saturated heterocycles. The molecule has 0 aliphatic heterocycles. The third kappa shape index (κ3) is 1.87. The second-order valence-electron chi connectivity index (χ2n) is 6.03. The molecule has 1 aliphatic carbocycles. The monoisotopic (exact) mass is 321 g/mol. The largest absolute Gasteiger partial charge is 0.338 e. The van der Waals surface area contributed by atoms with Gasteiger partial charge in [-0.15, -0.1) is 0 Å². The van der Waals surface area contributed by atoms with E-state index in [1.807, 2.05) is 48.5 Å². The Morgan fingerprint density at radius 3 is 2.48 bits per heavy atom. The van der Waals surface area contributed by atoms with Crippen molar-refractivity contribution in [3.8, 4) is 28.6 Å². The highest BCUT2D eigenvalue weighted by atomic mass is 16.1. The van der Waals surface area contributed by atoms with E-state index in [4.69, 9.17) is 5.26 Å². The Morgan fingerprint density at radius 2 is 1.64 bits per heavy atom. The minimum absolute atomic E-state index is 0.0512. The summed E-state index contributed by atoms with van der Waals surface area (Å²) >= 11 is 0. The summed E-state index contributed by atoms with van der Waals surface area (Å²) in [5, 5.41) is 9.06. The molecule has 0 unspecified atom stereocenters. The van der Waals surface area contributed by atoms with Gasteiger partial charge in [-0.3, -0.25) is 4.79 Å². The number of hydrogen-bond acceptors (Lipinski definition) is 3. The van der Waals surface area contributed by atoms with E-state index in [0.717, 1.165) is 33.3 Å². The van der Waals surface area contributed by atoms with Crippen molar-refractivity contribution in [3.63, 3.8) is 0 Å². The number of benzene rings is 3. The summed E-state index contributed by atoms with van der Waals surface area (Å²) in [4.78, 5) is 20.6. The van der Waals surface area contributed by atoms with Crippen LogP contribution in [0.1, 0.15) is 21.5 Å². The van der Waals surface area contributed by atoms with Crippen molar-refractivity contribution in [1.29, 1.82) is 5.26 Å². The van der Waals surface area contributed by atoms with Crippen LogP contribution in [0.15, 0.2) is 60.7 Å². The predicted molar refractivity (Wildman–Crippen MR) is 95.1 cm³/mol. The fourth-order valence-corrected chi connectivity index (χ4v) is 3.48. The van der Waals surface area contributed by atoms with Crippen LogP contribution in [-0.2, 0) is 0 Å². The maximum Gasteiger partial charge on any atom is 0.194 e. The van der Waals surface area contributed by atoms with E-state index in [-0.39, 0.29) is 5.78 Å². The third-order valence-electron chi connectivity index (χ3n) is 4.62. The lowest BCUT2D eigenvalue weighted by molar-refractivity contribution is 0.104. The number of nitriles is 1. The highest BCUT2D eigenvalue weighted by molar-refractivity contribution is 6.23. The Hall–Kier alpha value is -3.71. The zero-order chi connectivity index (χ0) is 17.0. The van der Waals surface area contributed by atoms with E-state index in [0.29, 0.717) is 17.0 Å². The van der Waals surface area contributed by atoms with Gasteiger partial charge in [0.2, 0.25) is 0 Å². The zero-order valence-corrected chi connectivity index (χ0v) is 13.1. The number of H-pyrrole nitrogens is 1. The number of aromatic nitrogens is 2. The molecule has 0 bridgehead atoms. The van der Waals surface area contributed by atoms with Crippen LogP contribution < -0.4 is 0 Å². The molecule has 0 atom stereocenters. The van der Waals surface area contributed by atoms with Gasteiger partial charge in [-0.05, 0) is 23.8 Å². The molecule has 0 fully saturated rings. The number of nitrogens with one attached hydrogen (secondary N) is 1. The van der Waals surface area contributed by atoms with Gasteiger partial charge in [0.25, 0.3) is 0 Å². The minimum atomic E-state index is 0.0512. The molecule has 0 saturated carbocycles. The number of nitrogens with zero attached hydrogens (tertiary/aromatic N) is 2. The first-order valence-corrected chi connectivity index (χ1v) is 7.93. The van der Waals surface area contributed by atoms with Crippen LogP contribution in [0.2, 0.25) is 0 Å². The summed E-state index contributed by atoms with van der Waals surface area (Å²) < 4.78 is 0. The van der Waals surface area contributed by atoms with Gasteiger partial charge in [-0.2, -0.15) is 5.26 Å². The van der Waals surface area contributed by atoms with Crippen molar-refractivity contribution >= 4 is 16.8 Å². The van der Waals surface area contributed by atoms with Crippen molar-refractivity contribution in [2.45, 2.75) is 0 Å². The van der Waals surface area contributed by atoms with E-state index < -0.39 is 0 Å². The molecule has 1 N–H and O–H groups in total. The van der Waals surface area contributed by atoms with Gasteiger partial charge >= 0.3 is 0 Å². The lowest BCUT2D eigenvalue weighted by Gasteiger charge is -2.06. The van der Waals surface area contributed by atoms with Crippen LogP contribution in [0, 0.1) is 11.3 Å². The third-order valence-corrected chi connectivity index (χ3v) is 4.62. The van der Waals surface area contributed by atoms with E-state index >= 15 is 0 Å². The molecule has 1 heterocycles. The van der Waals surface area contributed by atoms with Crippen molar-refractivity contribution in [2.75, 3.05) is 0 Å². The van der Waals surface area contributed by atoms with Crippen LogP contribution in [0.4, 0.5) is 0 Å². The molecule has 4 aromatic rings. The normalized spacial score (nSPS) is 12.0. The lowest BCUT2D eigenvalue weighted by atomic mass is 9.99. The number of carbonyl (C=O) groups excluding carboxylic acids is 1. The van der Waals surface area contributed by atoms with Crippen molar-refractivity contribution in [1.82, 2.24) is 9.97 Å². The molecule has 4 heteroatoms. The Kier molecular flexibility index (Phi) is 2.68. The predicted octanol–water partition coefficient (Wildman–Crippen LogP) is 4.31. The highest BCUT2D eigenvalue weighted by Crippen LogP contribution is 2.42. The number of carbonyl (C=O) groups is 1. The summed E-state index contributed by atoms with van der Waals surface area (Å²) in [7, 11) is 0. The van der Waals surface area contributed by atoms with Crippen molar-refractivity contribution in [2.24, 2.45) is 0 Å².